The van der Waals surface area contributed by atoms with Crippen molar-refractivity contribution in [1.29, 1.82) is 0 Å². The number of rotatable bonds is 9. The molecule has 35 heavy (non-hydrogen) atoms. The molecule has 1 heterocycles. The van der Waals surface area contributed by atoms with E-state index in [-0.39, 0.29) is 23.2 Å². The molecule has 0 saturated carbocycles. The van der Waals surface area contributed by atoms with Crippen molar-refractivity contribution in [2.45, 2.75) is 12.1 Å². The Bertz CT molecular complexity index is 1330. The summed E-state index contributed by atoms with van der Waals surface area (Å²) in [5, 5.41) is 24.5. The van der Waals surface area contributed by atoms with Crippen LogP contribution in [0, 0.1) is 0 Å². The van der Waals surface area contributed by atoms with E-state index in [9.17, 15) is 9.90 Å². The van der Waals surface area contributed by atoms with Crippen molar-refractivity contribution < 1.29 is 19.2 Å². The van der Waals surface area contributed by atoms with Gasteiger partial charge < -0.3 is 9.84 Å². The Labute approximate surface area is 211 Å². The summed E-state index contributed by atoms with van der Waals surface area (Å²) in [6.45, 7) is 2.19. The van der Waals surface area contributed by atoms with Gasteiger partial charge in [0.05, 0.1) is 29.2 Å². The number of thioether (sulfide) groups is 1. The van der Waals surface area contributed by atoms with Crippen LogP contribution in [-0.2, 0) is 4.79 Å². The number of carbonyl (C=O) groups excluding carboxylic acids is 1. The molecule has 1 aromatic heterocycles. The molecule has 4 rings (SSSR count). The SMILES string of the molecule is CCOc1cc(C=NNC(=O)CSc2n[nH]c(-c3ccccc3)[n+]2-c2ccc(Cl)cc2)ccc1[O-]. The van der Waals surface area contributed by atoms with E-state index in [1.165, 1.54) is 24.0 Å². The summed E-state index contributed by atoms with van der Waals surface area (Å²) in [7, 11) is 0. The predicted octanol–water partition coefficient (Wildman–Crippen LogP) is 3.72. The molecule has 0 atom stereocenters. The average Bonchev–Trinajstić information content (AvgIpc) is 3.30. The van der Waals surface area contributed by atoms with E-state index in [4.69, 9.17) is 16.3 Å². The van der Waals surface area contributed by atoms with Crippen LogP contribution >= 0.6 is 23.4 Å². The van der Waals surface area contributed by atoms with E-state index >= 15 is 0 Å². The van der Waals surface area contributed by atoms with Gasteiger partial charge in [0.15, 0.2) is 0 Å². The highest BCUT2D eigenvalue weighted by atomic mass is 35.5. The Morgan fingerprint density at radius 2 is 1.97 bits per heavy atom. The van der Waals surface area contributed by atoms with E-state index < -0.39 is 0 Å². The third kappa shape index (κ3) is 6.20. The lowest BCUT2D eigenvalue weighted by molar-refractivity contribution is -0.625. The molecule has 0 radical (unpaired) electrons. The summed E-state index contributed by atoms with van der Waals surface area (Å²) in [4.78, 5) is 12.4. The van der Waals surface area contributed by atoms with Crippen LogP contribution in [0.25, 0.3) is 17.1 Å². The molecule has 3 aromatic carbocycles. The van der Waals surface area contributed by atoms with Gasteiger partial charge in [-0.2, -0.15) is 9.67 Å². The van der Waals surface area contributed by atoms with E-state index in [0.717, 1.165) is 17.1 Å². The maximum Gasteiger partial charge on any atom is 0.342 e. The van der Waals surface area contributed by atoms with Crippen LogP contribution in [0.4, 0.5) is 0 Å². The van der Waals surface area contributed by atoms with Crippen molar-refractivity contribution in [3.05, 3.63) is 83.4 Å². The van der Waals surface area contributed by atoms with Crippen LogP contribution in [0.2, 0.25) is 5.02 Å². The Morgan fingerprint density at radius 3 is 2.71 bits per heavy atom. The molecule has 0 unspecified atom stereocenters. The van der Waals surface area contributed by atoms with Gasteiger partial charge in [0.25, 0.3) is 11.7 Å². The number of hydrazone groups is 1. The van der Waals surface area contributed by atoms with Gasteiger partial charge >= 0.3 is 5.16 Å². The number of benzene rings is 3. The molecule has 0 saturated heterocycles. The fourth-order valence-electron chi connectivity index (χ4n) is 3.23. The lowest BCUT2D eigenvalue weighted by atomic mass is 10.2. The zero-order chi connectivity index (χ0) is 24.6. The van der Waals surface area contributed by atoms with Crippen molar-refractivity contribution in [3.8, 4) is 28.6 Å². The molecule has 0 fully saturated rings. The van der Waals surface area contributed by atoms with Crippen LogP contribution in [-0.4, -0.2) is 34.7 Å². The van der Waals surface area contributed by atoms with Crippen molar-refractivity contribution >= 4 is 35.5 Å². The molecule has 0 spiro atoms. The minimum absolute atomic E-state index is 0.0910. The Balaban J connectivity index is 1.46. The lowest BCUT2D eigenvalue weighted by Crippen LogP contribution is -2.34. The number of hydrogen-bond acceptors (Lipinski definition) is 6. The van der Waals surface area contributed by atoms with Crippen LogP contribution in [0.15, 0.2) is 83.1 Å². The third-order valence-corrected chi connectivity index (χ3v) is 6.00. The average molecular weight is 508 g/mol. The maximum atomic E-state index is 12.4. The van der Waals surface area contributed by atoms with Crippen molar-refractivity contribution in [2.75, 3.05) is 12.4 Å². The number of H-pyrrole nitrogens is 1. The highest BCUT2D eigenvalue weighted by Gasteiger charge is 2.24. The molecular weight excluding hydrogens is 486 g/mol. The molecule has 0 aliphatic carbocycles. The zero-order valence-electron chi connectivity index (χ0n) is 18.8. The third-order valence-electron chi connectivity index (χ3n) is 4.81. The molecule has 8 nitrogen and oxygen atoms in total. The number of aromatic amines is 1. The second-order valence-corrected chi connectivity index (χ2v) is 8.63. The van der Waals surface area contributed by atoms with Gasteiger partial charge in [0.1, 0.15) is 11.4 Å². The zero-order valence-corrected chi connectivity index (χ0v) is 20.3. The van der Waals surface area contributed by atoms with Gasteiger partial charge in [-0.3, -0.25) is 4.79 Å². The van der Waals surface area contributed by atoms with Crippen molar-refractivity contribution in [1.82, 2.24) is 15.6 Å². The number of halogens is 1. The number of ether oxygens (including phenoxy) is 1. The van der Waals surface area contributed by atoms with Crippen LogP contribution in [0.5, 0.6) is 11.5 Å². The van der Waals surface area contributed by atoms with Gasteiger partial charge in [-0.1, -0.05) is 47.7 Å². The van der Waals surface area contributed by atoms with Crippen LogP contribution in [0.1, 0.15) is 12.5 Å². The normalized spacial score (nSPS) is 11.0. The first-order valence-electron chi connectivity index (χ1n) is 10.8. The number of nitrogens with zero attached hydrogens (tertiary/aromatic N) is 3. The molecule has 2 N–H and O–H groups in total. The molecular formula is C25H22ClN5O3S. The number of aromatic nitrogens is 3. The van der Waals surface area contributed by atoms with Gasteiger partial charge in [-0.25, -0.2) is 5.43 Å². The van der Waals surface area contributed by atoms with E-state index in [1.807, 2.05) is 47.0 Å². The number of nitrogens with one attached hydrogen (secondary N) is 2. The van der Waals surface area contributed by atoms with E-state index in [1.54, 1.807) is 31.2 Å². The molecule has 4 aromatic rings. The second-order valence-electron chi connectivity index (χ2n) is 7.25. The first kappa shape index (κ1) is 24.3. The van der Waals surface area contributed by atoms with E-state index in [2.05, 4.69) is 20.7 Å². The monoisotopic (exact) mass is 507 g/mol. The van der Waals surface area contributed by atoms with Gasteiger partial charge in [0.2, 0.25) is 0 Å². The topological polar surface area (TPSA) is 106 Å². The Morgan fingerprint density at radius 1 is 1.20 bits per heavy atom. The minimum Gasteiger partial charge on any atom is -0.870 e. The highest BCUT2D eigenvalue weighted by molar-refractivity contribution is 7.99. The van der Waals surface area contributed by atoms with E-state index in [0.29, 0.717) is 22.3 Å². The van der Waals surface area contributed by atoms with Gasteiger partial charge in [-0.05, 0) is 66.7 Å². The molecule has 0 bridgehead atoms. The summed E-state index contributed by atoms with van der Waals surface area (Å²) in [6, 6.07) is 21.8. The standard InChI is InChI=1S/C25H22ClN5O3S/c1-2-34-22-14-17(8-13-21(22)32)15-27-28-23(33)16-35-25-30-29-24(18-6-4-3-5-7-18)31(25)20-11-9-19(26)10-12-20/h3-15H,2,16H2,1H3,(H2,27,28,32,33). The highest BCUT2D eigenvalue weighted by Crippen LogP contribution is 2.24. The Hall–Kier alpha value is -3.82. The first-order valence-corrected chi connectivity index (χ1v) is 12.1. The van der Waals surface area contributed by atoms with Gasteiger partial charge in [-0.15, -0.1) is 5.10 Å². The molecule has 10 heteroatoms. The largest absolute Gasteiger partial charge is 0.870 e. The van der Waals surface area contributed by atoms with Gasteiger partial charge in [0, 0.05) is 5.02 Å². The Kier molecular flexibility index (Phi) is 8.02. The number of hydrogen-bond donors (Lipinski definition) is 2. The molecule has 178 valence electrons. The van der Waals surface area contributed by atoms with Crippen molar-refractivity contribution in [3.63, 3.8) is 0 Å². The molecule has 1 amide bonds. The first-order chi connectivity index (χ1) is 17.0. The quantitative estimate of drug-likeness (QED) is 0.155. The second kappa shape index (κ2) is 11.5. The predicted molar refractivity (Wildman–Crippen MR) is 134 cm³/mol. The maximum absolute atomic E-state index is 12.4. The van der Waals surface area contributed by atoms with Crippen molar-refractivity contribution in [2.24, 2.45) is 5.10 Å². The number of amides is 1. The summed E-state index contributed by atoms with van der Waals surface area (Å²) < 4.78 is 7.23. The fourth-order valence-corrected chi connectivity index (χ4v) is 4.11. The summed E-state index contributed by atoms with van der Waals surface area (Å²) in [6.07, 6.45) is 1.46. The van der Waals surface area contributed by atoms with Crippen LogP contribution in [0.3, 0.4) is 0 Å². The summed E-state index contributed by atoms with van der Waals surface area (Å²) >= 11 is 7.34. The molecule has 0 aliphatic heterocycles. The lowest BCUT2D eigenvalue weighted by Gasteiger charge is -2.13. The minimum atomic E-state index is -0.302. The van der Waals surface area contributed by atoms with Crippen LogP contribution < -0.4 is 19.8 Å². The molecule has 0 aliphatic rings. The fraction of sp³-hybridized carbons (Fsp3) is 0.120. The summed E-state index contributed by atoms with van der Waals surface area (Å²) in [5.41, 5.74) is 4.95. The number of carbonyl (C=O) groups is 1. The smallest absolute Gasteiger partial charge is 0.342 e. The summed E-state index contributed by atoms with van der Waals surface area (Å²) in [5.74, 6) is 0.614.